The molecule has 0 aromatic heterocycles. The first-order valence-electron chi connectivity index (χ1n) is 12.2. The zero-order chi connectivity index (χ0) is 28.7. The lowest BCUT2D eigenvalue weighted by Gasteiger charge is -2.30. The Labute approximate surface area is 231 Å². The summed E-state index contributed by atoms with van der Waals surface area (Å²) in [6.07, 6.45) is 3.35. The summed E-state index contributed by atoms with van der Waals surface area (Å²) in [5, 5.41) is 27.7. The van der Waals surface area contributed by atoms with Crippen molar-refractivity contribution in [1.82, 2.24) is 14.9 Å². The molecule has 0 saturated heterocycles. The van der Waals surface area contributed by atoms with Crippen LogP contribution in [0.1, 0.15) is 32.8 Å². The number of hydrogen-bond donors (Lipinski definition) is 3. The summed E-state index contributed by atoms with van der Waals surface area (Å²) in [5.74, 6) is -1.26. The van der Waals surface area contributed by atoms with Crippen LogP contribution in [-0.4, -0.2) is 68.0 Å². The maximum atomic E-state index is 13.6. The van der Waals surface area contributed by atoms with Crippen molar-refractivity contribution < 1.29 is 23.8 Å². The maximum Gasteiger partial charge on any atom is 0.247 e. The van der Waals surface area contributed by atoms with Crippen LogP contribution < -0.4 is 10.6 Å². The molecule has 0 spiro atoms. The lowest BCUT2D eigenvalue weighted by atomic mass is 10.0. The predicted molar refractivity (Wildman–Crippen MR) is 150 cm³/mol. The number of allylic oxidation sites excluding steroid dienone is 4. The van der Waals surface area contributed by atoms with E-state index in [-0.39, 0.29) is 48.3 Å². The minimum absolute atomic E-state index is 0.0502. The van der Waals surface area contributed by atoms with Crippen LogP contribution in [0.25, 0.3) is 0 Å². The molecule has 0 fully saturated rings. The quantitative estimate of drug-likeness (QED) is 0.114. The van der Waals surface area contributed by atoms with Crippen molar-refractivity contribution in [2.24, 2.45) is 5.92 Å². The number of halogens is 1. The first kappa shape index (κ1) is 33.2. The Hall–Kier alpha value is -2.86. The Morgan fingerprint density at radius 1 is 1.24 bits per heavy atom. The number of rotatable bonds is 17. The van der Waals surface area contributed by atoms with E-state index in [2.05, 4.69) is 17.2 Å². The maximum absolute atomic E-state index is 13.6. The van der Waals surface area contributed by atoms with E-state index in [1.54, 1.807) is 6.92 Å². The number of amides is 2. The Balaban J connectivity index is 3.24. The van der Waals surface area contributed by atoms with Crippen LogP contribution >= 0.6 is 11.6 Å². The normalized spacial score (nSPS) is 14.6. The molecule has 210 valence electrons. The van der Waals surface area contributed by atoms with Gasteiger partial charge in [-0.2, -0.15) is 0 Å². The SMILES string of the molecule is C=C/C=C(\C=C(/CC)[N+](=O)[O-])S(=O)N(CC(C)C)CC(O)C(Cc1ccccc1)NC(=O)CNC(=O)CCl. The fourth-order valence-electron chi connectivity index (χ4n) is 3.46. The summed E-state index contributed by atoms with van der Waals surface area (Å²) in [6.45, 7) is 8.98. The van der Waals surface area contributed by atoms with Crippen molar-refractivity contribution in [3.63, 3.8) is 0 Å². The molecular weight excluding hydrogens is 532 g/mol. The Kier molecular flexibility index (Phi) is 15.4. The molecule has 0 saturated carbocycles. The molecule has 0 bridgehead atoms. The Morgan fingerprint density at radius 2 is 1.89 bits per heavy atom. The minimum Gasteiger partial charge on any atom is -0.390 e. The monoisotopic (exact) mass is 568 g/mol. The van der Waals surface area contributed by atoms with Crippen molar-refractivity contribution in [1.29, 1.82) is 0 Å². The zero-order valence-electron chi connectivity index (χ0n) is 22.0. The molecule has 3 atom stereocenters. The van der Waals surface area contributed by atoms with E-state index in [0.717, 1.165) is 5.56 Å². The summed E-state index contributed by atoms with van der Waals surface area (Å²) in [5.41, 5.74) is 0.747. The molecule has 0 aliphatic rings. The topological polar surface area (TPSA) is 142 Å². The largest absolute Gasteiger partial charge is 0.390 e. The number of nitro groups is 1. The van der Waals surface area contributed by atoms with Crippen molar-refractivity contribution in [3.8, 4) is 0 Å². The van der Waals surface area contributed by atoms with Crippen molar-refractivity contribution in [2.75, 3.05) is 25.5 Å². The van der Waals surface area contributed by atoms with Gasteiger partial charge in [0.25, 0.3) is 0 Å². The Morgan fingerprint density at radius 3 is 2.42 bits per heavy atom. The fraction of sp³-hybridized carbons (Fsp3) is 0.462. The van der Waals surface area contributed by atoms with E-state index in [1.165, 1.54) is 22.5 Å². The number of carbonyl (C=O) groups excluding carboxylic acids is 2. The van der Waals surface area contributed by atoms with Crippen LogP contribution in [0, 0.1) is 16.0 Å². The highest BCUT2D eigenvalue weighted by atomic mass is 35.5. The van der Waals surface area contributed by atoms with E-state index >= 15 is 0 Å². The average Bonchev–Trinajstić information content (AvgIpc) is 2.88. The molecule has 3 N–H and O–H groups in total. The minimum atomic E-state index is -1.86. The second-order valence-electron chi connectivity index (χ2n) is 8.88. The van der Waals surface area contributed by atoms with Gasteiger partial charge in [0.1, 0.15) is 16.9 Å². The third-order valence-electron chi connectivity index (χ3n) is 5.26. The number of aliphatic hydroxyl groups excluding tert-OH is 1. The van der Waals surface area contributed by atoms with E-state index in [1.807, 2.05) is 44.2 Å². The smallest absolute Gasteiger partial charge is 0.247 e. The number of hydrogen-bond acceptors (Lipinski definition) is 6. The molecule has 1 aromatic carbocycles. The standard InChI is InChI=1S/C26H37ClN4O6S/c1-5-10-22(14-21(6-2)31(35)36)38(37)30(17-19(3)4)18-24(32)23(13-20-11-8-7-9-12-20)29-26(34)16-28-25(33)15-27/h5,7-12,14,19,23-24,32H,1,6,13,15-18H2,2-4H3,(H,28,33)(H,29,34)/b21-14+,22-10+. The van der Waals surface area contributed by atoms with Gasteiger partial charge in [-0.1, -0.05) is 63.8 Å². The molecule has 2 amide bonds. The van der Waals surface area contributed by atoms with Gasteiger partial charge < -0.3 is 15.7 Å². The first-order valence-corrected chi connectivity index (χ1v) is 13.8. The molecule has 38 heavy (non-hydrogen) atoms. The lowest BCUT2D eigenvalue weighted by molar-refractivity contribution is -0.427. The molecular formula is C26H37ClN4O6S. The van der Waals surface area contributed by atoms with Gasteiger partial charge in [0.15, 0.2) is 0 Å². The van der Waals surface area contributed by atoms with E-state index in [9.17, 15) is 29.0 Å². The van der Waals surface area contributed by atoms with E-state index in [4.69, 9.17) is 11.6 Å². The number of benzene rings is 1. The highest BCUT2D eigenvalue weighted by molar-refractivity contribution is 7.86. The second kappa shape index (κ2) is 17.6. The van der Waals surface area contributed by atoms with Crippen LogP contribution in [0.2, 0.25) is 0 Å². The highest BCUT2D eigenvalue weighted by Gasteiger charge is 2.28. The van der Waals surface area contributed by atoms with Crippen molar-refractivity contribution in [2.45, 2.75) is 45.8 Å². The van der Waals surface area contributed by atoms with Gasteiger partial charge in [0.2, 0.25) is 17.5 Å². The second-order valence-corrected chi connectivity index (χ2v) is 10.6. The summed E-state index contributed by atoms with van der Waals surface area (Å²) in [6, 6.07) is 8.44. The van der Waals surface area contributed by atoms with Crippen LogP contribution in [0.5, 0.6) is 0 Å². The highest BCUT2D eigenvalue weighted by Crippen LogP contribution is 2.18. The molecule has 0 aliphatic heterocycles. The molecule has 3 unspecified atom stereocenters. The van der Waals surface area contributed by atoms with Gasteiger partial charge in [0.05, 0.1) is 28.5 Å². The summed E-state index contributed by atoms with van der Waals surface area (Å²) in [4.78, 5) is 35.0. The number of carbonyl (C=O) groups is 2. The van der Waals surface area contributed by atoms with E-state index in [0.29, 0.717) is 6.54 Å². The summed E-state index contributed by atoms with van der Waals surface area (Å²) in [7, 11) is -1.86. The number of aliphatic hydroxyl groups is 1. The number of nitrogens with one attached hydrogen (secondary N) is 2. The van der Waals surface area contributed by atoms with Crippen LogP contribution in [0.15, 0.2) is 65.7 Å². The van der Waals surface area contributed by atoms with Crippen LogP contribution in [-0.2, 0) is 27.0 Å². The van der Waals surface area contributed by atoms with Gasteiger partial charge in [0, 0.05) is 25.6 Å². The number of alkyl halides is 1. The molecule has 0 radical (unpaired) electrons. The molecule has 12 heteroatoms. The Bertz CT molecular complexity index is 1030. The van der Waals surface area contributed by atoms with Gasteiger partial charge >= 0.3 is 0 Å². The fourth-order valence-corrected chi connectivity index (χ4v) is 5.02. The lowest BCUT2D eigenvalue weighted by Crippen LogP contribution is -2.52. The predicted octanol–water partition coefficient (Wildman–Crippen LogP) is 2.69. The summed E-state index contributed by atoms with van der Waals surface area (Å²) < 4.78 is 15.1. The van der Waals surface area contributed by atoms with Crippen LogP contribution in [0.4, 0.5) is 0 Å². The van der Waals surface area contributed by atoms with E-state index < -0.39 is 39.9 Å². The molecule has 10 nitrogen and oxygen atoms in total. The van der Waals surface area contributed by atoms with Gasteiger partial charge in [-0.15, -0.1) is 11.6 Å². The third-order valence-corrected chi connectivity index (χ3v) is 6.93. The summed E-state index contributed by atoms with van der Waals surface area (Å²) >= 11 is 5.46. The van der Waals surface area contributed by atoms with Gasteiger partial charge in [-0.3, -0.25) is 19.7 Å². The van der Waals surface area contributed by atoms with Crippen molar-refractivity contribution >= 4 is 34.4 Å². The van der Waals surface area contributed by atoms with Gasteiger partial charge in [-0.05, 0) is 24.0 Å². The average molecular weight is 569 g/mol. The molecule has 0 aliphatic carbocycles. The number of nitrogens with zero attached hydrogens (tertiary/aromatic N) is 2. The molecule has 1 aromatic rings. The third kappa shape index (κ3) is 12.1. The van der Waals surface area contributed by atoms with Crippen LogP contribution in [0.3, 0.4) is 0 Å². The first-order chi connectivity index (χ1) is 18.0. The van der Waals surface area contributed by atoms with Gasteiger partial charge in [-0.25, -0.2) is 8.51 Å². The molecule has 1 rings (SSSR count). The molecule has 0 heterocycles. The zero-order valence-corrected chi connectivity index (χ0v) is 23.5. The van der Waals surface area contributed by atoms with Crippen molar-refractivity contribution in [3.05, 3.63) is 81.4 Å².